The van der Waals surface area contributed by atoms with Crippen molar-refractivity contribution in [3.05, 3.63) is 41.8 Å². The molecular formula is C15H20FN3O. The molecule has 2 aromatic rings. The van der Waals surface area contributed by atoms with Crippen LogP contribution < -0.4 is 5.32 Å². The second-order valence-corrected chi connectivity index (χ2v) is 5.19. The van der Waals surface area contributed by atoms with Gasteiger partial charge in [-0.2, -0.15) is 5.10 Å². The molecule has 3 N–H and O–H groups in total. The van der Waals surface area contributed by atoms with Crippen LogP contribution >= 0.6 is 0 Å². The van der Waals surface area contributed by atoms with Crippen molar-refractivity contribution in [3.8, 4) is 11.3 Å². The SMILES string of the molecule is CC(C)C(O)CNCc1cn[nH]c1-c1ccccc1F. The molecule has 0 saturated carbocycles. The van der Waals surface area contributed by atoms with Crippen LogP contribution in [0.15, 0.2) is 30.5 Å². The molecule has 5 heteroatoms. The van der Waals surface area contributed by atoms with Crippen molar-refractivity contribution in [1.82, 2.24) is 15.5 Å². The average molecular weight is 277 g/mol. The van der Waals surface area contributed by atoms with Gasteiger partial charge in [-0.1, -0.05) is 26.0 Å². The topological polar surface area (TPSA) is 60.9 Å². The Morgan fingerprint density at radius 3 is 2.80 bits per heavy atom. The molecule has 1 heterocycles. The second kappa shape index (κ2) is 6.63. The van der Waals surface area contributed by atoms with Crippen LogP contribution in [0.2, 0.25) is 0 Å². The van der Waals surface area contributed by atoms with Crippen LogP contribution in [-0.4, -0.2) is 28.0 Å². The fraction of sp³-hybridized carbons (Fsp3) is 0.400. The predicted octanol–water partition coefficient (Wildman–Crippen LogP) is 2.32. The van der Waals surface area contributed by atoms with Crippen molar-refractivity contribution in [3.63, 3.8) is 0 Å². The molecule has 1 aromatic carbocycles. The highest BCUT2D eigenvalue weighted by Crippen LogP contribution is 2.23. The third kappa shape index (κ3) is 3.43. The van der Waals surface area contributed by atoms with Gasteiger partial charge in [0.1, 0.15) is 5.82 Å². The Labute approximate surface area is 118 Å². The predicted molar refractivity (Wildman–Crippen MR) is 76.5 cm³/mol. The van der Waals surface area contributed by atoms with Crippen LogP contribution in [0.4, 0.5) is 4.39 Å². The third-order valence-electron chi connectivity index (χ3n) is 3.30. The molecule has 108 valence electrons. The molecule has 1 unspecified atom stereocenters. The van der Waals surface area contributed by atoms with E-state index < -0.39 is 0 Å². The van der Waals surface area contributed by atoms with Gasteiger partial charge in [0.05, 0.1) is 18.0 Å². The lowest BCUT2D eigenvalue weighted by atomic mass is 10.1. The summed E-state index contributed by atoms with van der Waals surface area (Å²) in [4.78, 5) is 0. The Kier molecular flexibility index (Phi) is 4.87. The molecule has 0 aliphatic heterocycles. The maximum Gasteiger partial charge on any atom is 0.132 e. The number of aliphatic hydroxyl groups excluding tert-OH is 1. The molecule has 0 fully saturated rings. The van der Waals surface area contributed by atoms with E-state index in [0.29, 0.717) is 24.3 Å². The summed E-state index contributed by atoms with van der Waals surface area (Å²) in [5.41, 5.74) is 2.06. The van der Waals surface area contributed by atoms with E-state index in [-0.39, 0.29) is 17.8 Å². The Hall–Kier alpha value is -1.72. The lowest BCUT2D eigenvalue weighted by molar-refractivity contribution is 0.123. The van der Waals surface area contributed by atoms with E-state index in [0.717, 1.165) is 5.56 Å². The van der Waals surface area contributed by atoms with Crippen LogP contribution in [0.25, 0.3) is 11.3 Å². The smallest absolute Gasteiger partial charge is 0.132 e. The van der Waals surface area contributed by atoms with Crippen molar-refractivity contribution in [2.24, 2.45) is 5.92 Å². The summed E-state index contributed by atoms with van der Waals surface area (Å²) in [5.74, 6) is -0.0712. The summed E-state index contributed by atoms with van der Waals surface area (Å²) in [6.45, 7) is 4.97. The van der Waals surface area contributed by atoms with Gasteiger partial charge < -0.3 is 10.4 Å². The van der Waals surface area contributed by atoms with E-state index in [1.807, 2.05) is 13.8 Å². The molecule has 0 saturated heterocycles. The van der Waals surface area contributed by atoms with Gasteiger partial charge in [0.15, 0.2) is 0 Å². The van der Waals surface area contributed by atoms with Crippen molar-refractivity contribution in [2.75, 3.05) is 6.54 Å². The molecule has 20 heavy (non-hydrogen) atoms. The summed E-state index contributed by atoms with van der Waals surface area (Å²) in [5, 5.41) is 19.7. The minimum atomic E-state index is -0.390. The molecule has 2 rings (SSSR count). The van der Waals surface area contributed by atoms with Crippen molar-refractivity contribution in [1.29, 1.82) is 0 Å². The standard InChI is InChI=1S/C15H20FN3O/c1-10(2)14(20)9-17-7-11-8-18-19-15(11)12-5-3-4-6-13(12)16/h3-6,8,10,14,17,20H,7,9H2,1-2H3,(H,18,19). The number of hydrogen-bond acceptors (Lipinski definition) is 3. The van der Waals surface area contributed by atoms with Crippen molar-refractivity contribution >= 4 is 0 Å². The molecule has 0 amide bonds. The molecular weight excluding hydrogens is 257 g/mol. The molecule has 0 aliphatic carbocycles. The highest BCUT2D eigenvalue weighted by atomic mass is 19.1. The number of H-pyrrole nitrogens is 1. The molecule has 0 spiro atoms. The largest absolute Gasteiger partial charge is 0.392 e. The maximum absolute atomic E-state index is 13.8. The number of rotatable bonds is 6. The molecule has 1 aromatic heterocycles. The van der Waals surface area contributed by atoms with E-state index >= 15 is 0 Å². The Morgan fingerprint density at radius 2 is 2.10 bits per heavy atom. The van der Waals surface area contributed by atoms with Crippen molar-refractivity contribution < 1.29 is 9.50 Å². The number of hydrogen-bond donors (Lipinski definition) is 3. The zero-order valence-corrected chi connectivity index (χ0v) is 11.7. The zero-order valence-electron chi connectivity index (χ0n) is 11.7. The molecule has 1 atom stereocenters. The van der Waals surface area contributed by atoms with E-state index in [2.05, 4.69) is 15.5 Å². The van der Waals surface area contributed by atoms with Gasteiger partial charge in [0.25, 0.3) is 0 Å². The van der Waals surface area contributed by atoms with Crippen LogP contribution in [0.1, 0.15) is 19.4 Å². The lowest BCUT2D eigenvalue weighted by Gasteiger charge is -2.15. The Bertz CT molecular complexity index is 554. The minimum absolute atomic E-state index is 0.206. The fourth-order valence-corrected chi connectivity index (χ4v) is 1.93. The van der Waals surface area contributed by atoms with E-state index in [1.165, 1.54) is 6.07 Å². The number of aromatic amines is 1. The van der Waals surface area contributed by atoms with E-state index in [4.69, 9.17) is 0 Å². The molecule has 4 nitrogen and oxygen atoms in total. The number of aromatic nitrogens is 2. The van der Waals surface area contributed by atoms with Gasteiger partial charge in [-0.15, -0.1) is 0 Å². The van der Waals surface area contributed by atoms with Crippen LogP contribution in [0.5, 0.6) is 0 Å². The van der Waals surface area contributed by atoms with E-state index in [1.54, 1.807) is 24.4 Å². The quantitative estimate of drug-likeness (QED) is 0.759. The first-order valence-corrected chi connectivity index (χ1v) is 6.75. The Morgan fingerprint density at radius 1 is 1.35 bits per heavy atom. The number of nitrogens with one attached hydrogen (secondary N) is 2. The van der Waals surface area contributed by atoms with Gasteiger partial charge >= 0.3 is 0 Å². The lowest BCUT2D eigenvalue weighted by Crippen LogP contribution is -2.30. The number of nitrogens with zero attached hydrogens (tertiary/aromatic N) is 1. The first-order chi connectivity index (χ1) is 9.59. The van der Waals surface area contributed by atoms with Crippen LogP contribution in [0.3, 0.4) is 0 Å². The average Bonchev–Trinajstić information content (AvgIpc) is 2.87. The summed E-state index contributed by atoms with van der Waals surface area (Å²) in [6, 6.07) is 6.59. The van der Waals surface area contributed by atoms with Gasteiger partial charge in [-0.3, -0.25) is 5.10 Å². The minimum Gasteiger partial charge on any atom is -0.392 e. The van der Waals surface area contributed by atoms with Crippen LogP contribution in [-0.2, 0) is 6.54 Å². The second-order valence-electron chi connectivity index (χ2n) is 5.19. The fourth-order valence-electron chi connectivity index (χ4n) is 1.93. The summed E-state index contributed by atoms with van der Waals surface area (Å²) >= 11 is 0. The number of halogens is 1. The first-order valence-electron chi connectivity index (χ1n) is 6.75. The van der Waals surface area contributed by atoms with Gasteiger partial charge in [-0.05, 0) is 18.1 Å². The monoisotopic (exact) mass is 277 g/mol. The highest BCUT2D eigenvalue weighted by molar-refractivity contribution is 5.63. The number of aliphatic hydroxyl groups is 1. The van der Waals surface area contributed by atoms with Crippen molar-refractivity contribution in [2.45, 2.75) is 26.5 Å². The van der Waals surface area contributed by atoms with Gasteiger partial charge in [0, 0.05) is 24.2 Å². The first kappa shape index (κ1) is 14.7. The molecule has 0 radical (unpaired) electrons. The normalized spacial score (nSPS) is 12.8. The van der Waals surface area contributed by atoms with Gasteiger partial charge in [-0.25, -0.2) is 4.39 Å². The Balaban J connectivity index is 2.05. The molecule has 0 bridgehead atoms. The summed E-state index contributed by atoms with van der Waals surface area (Å²) in [6.07, 6.45) is 1.29. The maximum atomic E-state index is 13.8. The highest BCUT2D eigenvalue weighted by Gasteiger charge is 2.13. The summed E-state index contributed by atoms with van der Waals surface area (Å²) < 4.78 is 13.8. The number of benzene rings is 1. The van der Waals surface area contributed by atoms with E-state index in [9.17, 15) is 9.50 Å². The van der Waals surface area contributed by atoms with Gasteiger partial charge in [0.2, 0.25) is 0 Å². The molecule has 0 aliphatic rings. The van der Waals surface area contributed by atoms with Crippen LogP contribution in [0, 0.1) is 11.7 Å². The zero-order chi connectivity index (χ0) is 14.5. The summed E-state index contributed by atoms with van der Waals surface area (Å²) in [7, 11) is 0. The third-order valence-corrected chi connectivity index (χ3v) is 3.30.